The third-order valence-electron chi connectivity index (χ3n) is 3.06. The predicted octanol–water partition coefficient (Wildman–Crippen LogP) is 3.94. The summed E-state index contributed by atoms with van der Waals surface area (Å²) in [7, 11) is -3.69. The number of sulfonamides is 1. The van der Waals surface area contributed by atoms with Crippen LogP contribution in [-0.4, -0.2) is 8.42 Å². The van der Waals surface area contributed by atoms with Gasteiger partial charge in [0.25, 0.3) is 0 Å². The summed E-state index contributed by atoms with van der Waals surface area (Å²) in [5, 5.41) is 0. The molecule has 0 heterocycles. The van der Waals surface area contributed by atoms with Gasteiger partial charge < -0.3 is 0 Å². The average Bonchev–Trinajstić information content (AvgIpc) is 2.37. The van der Waals surface area contributed by atoms with Crippen LogP contribution in [0.25, 0.3) is 0 Å². The highest BCUT2D eigenvalue weighted by Crippen LogP contribution is 2.25. The quantitative estimate of drug-likeness (QED) is 0.884. The van der Waals surface area contributed by atoms with Crippen LogP contribution in [0.2, 0.25) is 0 Å². The van der Waals surface area contributed by atoms with E-state index in [4.69, 9.17) is 0 Å². The van der Waals surface area contributed by atoms with Gasteiger partial charge in [-0.2, -0.15) is 0 Å². The van der Waals surface area contributed by atoms with Crippen LogP contribution >= 0.6 is 15.9 Å². The van der Waals surface area contributed by atoms with Gasteiger partial charge in [-0.25, -0.2) is 17.5 Å². The van der Waals surface area contributed by atoms with Crippen molar-refractivity contribution in [3.8, 4) is 0 Å². The molecule has 6 heteroatoms. The summed E-state index contributed by atoms with van der Waals surface area (Å²) >= 11 is 3.26. The summed E-state index contributed by atoms with van der Waals surface area (Å²) in [4.78, 5) is 0.163. The Hall–Kier alpha value is -1.24. The third kappa shape index (κ3) is 3.90. The van der Waals surface area contributed by atoms with Crippen molar-refractivity contribution in [2.75, 3.05) is 0 Å². The van der Waals surface area contributed by atoms with Crippen LogP contribution in [0, 0.1) is 12.7 Å². The van der Waals surface area contributed by atoms with E-state index < -0.39 is 21.9 Å². The Kier molecular flexibility index (Phi) is 4.81. The second-order valence-electron chi connectivity index (χ2n) is 4.83. The van der Waals surface area contributed by atoms with Crippen LogP contribution in [0.4, 0.5) is 4.39 Å². The first-order chi connectivity index (χ1) is 9.79. The van der Waals surface area contributed by atoms with Crippen molar-refractivity contribution in [1.82, 2.24) is 4.72 Å². The topological polar surface area (TPSA) is 46.2 Å². The molecule has 0 radical (unpaired) electrons. The first-order valence-corrected chi connectivity index (χ1v) is 8.61. The monoisotopic (exact) mass is 371 g/mol. The molecule has 0 aliphatic carbocycles. The maximum Gasteiger partial charge on any atom is 0.242 e. The van der Waals surface area contributed by atoms with E-state index in [9.17, 15) is 12.8 Å². The lowest BCUT2D eigenvalue weighted by atomic mass is 10.1. The molecule has 1 N–H and O–H groups in total. The molecule has 1 atom stereocenters. The summed E-state index contributed by atoms with van der Waals surface area (Å²) in [6.45, 7) is 3.55. The molecule has 2 rings (SSSR count). The van der Waals surface area contributed by atoms with E-state index in [1.54, 1.807) is 37.3 Å². The van der Waals surface area contributed by atoms with E-state index in [0.717, 1.165) is 5.56 Å². The van der Waals surface area contributed by atoms with Gasteiger partial charge in [-0.3, -0.25) is 0 Å². The van der Waals surface area contributed by atoms with Crippen LogP contribution in [0.1, 0.15) is 24.1 Å². The van der Waals surface area contributed by atoms with E-state index >= 15 is 0 Å². The molecule has 0 amide bonds. The summed E-state index contributed by atoms with van der Waals surface area (Å²) in [6, 6.07) is 10.4. The Morgan fingerprint density at radius 3 is 2.52 bits per heavy atom. The minimum atomic E-state index is -3.69. The number of rotatable bonds is 4. The Bertz CT molecular complexity index is 762. The second kappa shape index (κ2) is 6.25. The predicted molar refractivity (Wildman–Crippen MR) is 84.0 cm³/mol. The Morgan fingerprint density at radius 1 is 1.19 bits per heavy atom. The molecule has 0 unspecified atom stereocenters. The summed E-state index contributed by atoms with van der Waals surface area (Å²) in [6.07, 6.45) is 0. The fraction of sp³-hybridized carbons (Fsp3) is 0.200. The molecular weight excluding hydrogens is 357 g/mol. The lowest BCUT2D eigenvalue weighted by molar-refractivity contribution is 0.564. The molecular formula is C15H15BrFNO2S. The number of benzene rings is 2. The van der Waals surface area contributed by atoms with Crippen molar-refractivity contribution in [2.45, 2.75) is 24.8 Å². The van der Waals surface area contributed by atoms with E-state index in [-0.39, 0.29) is 4.90 Å². The minimum Gasteiger partial charge on any atom is -0.207 e. The standard InChI is InChI=1S/C15H15BrFNO2S/c1-10-6-7-15(14(16)8-10)21(19,20)18-11(2)12-4-3-5-13(17)9-12/h3-9,11,18H,1-2H3/t11-/m0/s1. The van der Waals surface area contributed by atoms with Crippen LogP contribution < -0.4 is 4.72 Å². The number of halogens is 2. The largest absolute Gasteiger partial charge is 0.242 e. The lowest BCUT2D eigenvalue weighted by Gasteiger charge is -2.15. The highest BCUT2D eigenvalue weighted by atomic mass is 79.9. The zero-order chi connectivity index (χ0) is 15.6. The van der Waals surface area contributed by atoms with Crippen molar-refractivity contribution < 1.29 is 12.8 Å². The molecule has 0 aromatic heterocycles. The summed E-state index contributed by atoms with van der Waals surface area (Å²) < 4.78 is 41.1. The Balaban J connectivity index is 2.29. The molecule has 0 aliphatic rings. The number of hydrogen-bond acceptors (Lipinski definition) is 2. The number of nitrogens with one attached hydrogen (secondary N) is 1. The molecule has 112 valence electrons. The smallest absolute Gasteiger partial charge is 0.207 e. The van der Waals surface area contributed by atoms with Crippen LogP contribution in [-0.2, 0) is 10.0 Å². The fourth-order valence-electron chi connectivity index (χ4n) is 1.96. The average molecular weight is 372 g/mol. The Labute approximate surface area is 132 Å². The van der Waals surface area contributed by atoms with Gasteiger partial charge in [-0.15, -0.1) is 0 Å². The van der Waals surface area contributed by atoms with Crippen LogP contribution in [0.5, 0.6) is 0 Å². The SMILES string of the molecule is Cc1ccc(S(=O)(=O)N[C@@H](C)c2cccc(F)c2)c(Br)c1. The minimum absolute atomic E-state index is 0.163. The lowest BCUT2D eigenvalue weighted by Crippen LogP contribution is -2.27. The first-order valence-electron chi connectivity index (χ1n) is 6.33. The van der Waals surface area contributed by atoms with Crippen molar-refractivity contribution in [3.63, 3.8) is 0 Å². The third-order valence-corrected chi connectivity index (χ3v) is 5.57. The molecule has 3 nitrogen and oxygen atoms in total. The molecule has 0 fully saturated rings. The molecule has 0 bridgehead atoms. The molecule has 21 heavy (non-hydrogen) atoms. The van der Waals surface area contributed by atoms with Crippen molar-refractivity contribution >= 4 is 26.0 Å². The van der Waals surface area contributed by atoms with E-state index in [0.29, 0.717) is 10.0 Å². The van der Waals surface area contributed by atoms with Gasteiger partial charge in [0.15, 0.2) is 0 Å². The number of aryl methyl sites for hydroxylation is 1. The summed E-state index contributed by atoms with van der Waals surface area (Å²) in [5.41, 5.74) is 1.53. The number of hydrogen-bond donors (Lipinski definition) is 1. The first kappa shape index (κ1) is 16.1. The molecule has 0 saturated heterocycles. The van der Waals surface area contributed by atoms with Gasteiger partial charge in [0.1, 0.15) is 5.82 Å². The van der Waals surface area contributed by atoms with Crippen LogP contribution in [0.3, 0.4) is 0 Å². The molecule has 2 aromatic carbocycles. The zero-order valence-electron chi connectivity index (χ0n) is 11.6. The van der Waals surface area contributed by atoms with Crippen molar-refractivity contribution in [2.24, 2.45) is 0 Å². The van der Waals surface area contributed by atoms with Gasteiger partial charge >= 0.3 is 0 Å². The van der Waals surface area contributed by atoms with E-state index in [1.165, 1.54) is 12.1 Å². The van der Waals surface area contributed by atoms with E-state index in [2.05, 4.69) is 20.7 Å². The fourth-order valence-corrected chi connectivity index (χ4v) is 4.39. The zero-order valence-corrected chi connectivity index (χ0v) is 14.0. The molecule has 2 aromatic rings. The van der Waals surface area contributed by atoms with Crippen molar-refractivity contribution in [1.29, 1.82) is 0 Å². The van der Waals surface area contributed by atoms with Gasteiger partial charge in [-0.05, 0) is 65.2 Å². The van der Waals surface area contributed by atoms with Gasteiger partial charge in [0.05, 0.1) is 4.90 Å². The molecule has 0 aliphatic heterocycles. The highest BCUT2D eigenvalue weighted by molar-refractivity contribution is 9.10. The van der Waals surface area contributed by atoms with E-state index in [1.807, 2.05) is 6.92 Å². The van der Waals surface area contributed by atoms with Crippen LogP contribution in [0.15, 0.2) is 51.8 Å². The van der Waals surface area contributed by atoms with Gasteiger partial charge in [0.2, 0.25) is 10.0 Å². The van der Waals surface area contributed by atoms with Gasteiger partial charge in [0, 0.05) is 10.5 Å². The highest BCUT2D eigenvalue weighted by Gasteiger charge is 2.21. The maximum atomic E-state index is 13.2. The normalized spacial score (nSPS) is 13.1. The van der Waals surface area contributed by atoms with Crippen molar-refractivity contribution in [3.05, 3.63) is 63.9 Å². The maximum absolute atomic E-state index is 13.2. The Morgan fingerprint density at radius 2 is 1.90 bits per heavy atom. The molecule has 0 saturated carbocycles. The van der Waals surface area contributed by atoms with Gasteiger partial charge in [-0.1, -0.05) is 18.2 Å². The molecule has 0 spiro atoms. The summed E-state index contributed by atoms with van der Waals surface area (Å²) in [5.74, 6) is -0.393. The second-order valence-corrected chi connectivity index (χ2v) is 7.37.